The first-order valence-corrected chi connectivity index (χ1v) is 7.20. The Morgan fingerprint density at radius 3 is 2.52 bits per heavy atom. The van der Waals surface area contributed by atoms with Gasteiger partial charge in [-0.2, -0.15) is 0 Å². The first-order chi connectivity index (χ1) is 9.92. The Labute approximate surface area is 124 Å². The Morgan fingerprint density at radius 2 is 2.00 bits per heavy atom. The van der Waals surface area contributed by atoms with Crippen LogP contribution in [0.4, 0.5) is 0 Å². The van der Waals surface area contributed by atoms with Gasteiger partial charge in [-0.25, -0.2) is 4.79 Å². The van der Waals surface area contributed by atoms with Crippen molar-refractivity contribution < 1.29 is 14.6 Å². The number of methoxy groups -OCH3 is 1. The summed E-state index contributed by atoms with van der Waals surface area (Å²) in [5.74, 6) is -1.13. The summed E-state index contributed by atoms with van der Waals surface area (Å²) in [7, 11) is 1.54. The van der Waals surface area contributed by atoms with E-state index in [1.54, 1.807) is 21.0 Å². The lowest BCUT2D eigenvalue weighted by molar-refractivity contribution is -0.137. The lowest BCUT2D eigenvalue weighted by atomic mass is 10.2. The lowest BCUT2D eigenvalue weighted by Crippen LogP contribution is -2.40. The number of carboxylic acids is 1. The molecule has 0 bridgehead atoms. The van der Waals surface area contributed by atoms with Crippen LogP contribution in [0.25, 0.3) is 10.2 Å². The normalized spacial score (nSPS) is 11.2. The maximum atomic E-state index is 12.4. The summed E-state index contributed by atoms with van der Waals surface area (Å²) in [5, 5.41) is 9.39. The second-order valence-corrected chi connectivity index (χ2v) is 5.66. The zero-order valence-corrected chi connectivity index (χ0v) is 12.8. The van der Waals surface area contributed by atoms with Gasteiger partial charge in [0, 0.05) is 18.5 Å². The average Bonchev–Trinajstić information content (AvgIpc) is 2.73. The third kappa shape index (κ3) is 2.52. The van der Waals surface area contributed by atoms with Gasteiger partial charge in [0.2, 0.25) is 0 Å². The minimum Gasteiger partial charge on any atom is -0.480 e. The van der Waals surface area contributed by atoms with Crippen molar-refractivity contribution in [3.8, 4) is 0 Å². The van der Waals surface area contributed by atoms with E-state index in [4.69, 9.17) is 9.84 Å². The zero-order chi connectivity index (χ0) is 15.7. The molecule has 2 rings (SSSR count). The number of fused-ring (bicyclic) bond motifs is 1. The number of aryl methyl sites for hydroxylation is 1. The molecule has 0 fully saturated rings. The molecule has 1 N–H and O–H groups in total. The van der Waals surface area contributed by atoms with E-state index >= 15 is 0 Å². The van der Waals surface area contributed by atoms with Gasteiger partial charge in [-0.1, -0.05) is 0 Å². The Hall–Kier alpha value is -1.93. The molecular weight excluding hydrogens is 296 g/mol. The number of nitrogens with zero attached hydrogens (tertiary/aromatic N) is 2. The summed E-state index contributed by atoms with van der Waals surface area (Å²) in [6.45, 7) is 3.50. The van der Waals surface area contributed by atoms with Crippen molar-refractivity contribution in [1.29, 1.82) is 0 Å². The molecule has 8 heteroatoms. The smallest absolute Gasteiger partial charge is 0.332 e. The lowest BCUT2D eigenvalue weighted by Gasteiger charge is -2.08. The first kappa shape index (κ1) is 15.5. The molecule has 0 aromatic carbocycles. The van der Waals surface area contributed by atoms with Gasteiger partial charge < -0.3 is 9.84 Å². The number of ether oxygens (including phenoxy) is 1. The van der Waals surface area contributed by atoms with Gasteiger partial charge in [-0.15, -0.1) is 11.3 Å². The Kier molecular flexibility index (Phi) is 4.29. The largest absolute Gasteiger partial charge is 0.480 e. The van der Waals surface area contributed by atoms with Crippen LogP contribution in [-0.4, -0.2) is 27.3 Å². The summed E-state index contributed by atoms with van der Waals surface area (Å²) in [4.78, 5) is 36.9. The standard InChI is InChI=1S/C13H16N2O5S/c1-4-14-11(18)10-7(2)8(6-20-3)21-12(10)15(13(14)19)5-9(16)17/h4-6H2,1-3H3,(H,16,17). The number of aliphatic carboxylic acids is 1. The average molecular weight is 312 g/mol. The van der Waals surface area contributed by atoms with Gasteiger partial charge >= 0.3 is 11.7 Å². The maximum Gasteiger partial charge on any atom is 0.332 e. The Morgan fingerprint density at radius 1 is 1.33 bits per heavy atom. The topological polar surface area (TPSA) is 90.5 Å². The number of hydrogen-bond donors (Lipinski definition) is 1. The van der Waals surface area contributed by atoms with Crippen LogP contribution in [-0.2, 0) is 29.2 Å². The Balaban J connectivity index is 2.93. The molecule has 0 radical (unpaired) electrons. The monoisotopic (exact) mass is 312 g/mol. The van der Waals surface area contributed by atoms with Crippen molar-refractivity contribution in [2.75, 3.05) is 7.11 Å². The summed E-state index contributed by atoms with van der Waals surface area (Å²) in [6, 6.07) is 0. The van der Waals surface area contributed by atoms with Crippen molar-refractivity contribution in [2.45, 2.75) is 33.5 Å². The third-order valence-electron chi connectivity index (χ3n) is 3.28. The molecule has 7 nitrogen and oxygen atoms in total. The molecule has 0 spiro atoms. The molecule has 0 aliphatic carbocycles. The molecule has 2 aromatic heterocycles. The van der Waals surface area contributed by atoms with Crippen molar-refractivity contribution >= 4 is 27.5 Å². The molecule has 0 aliphatic heterocycles. The molecule has 0 saturated carbocycles. The van der Waals surface area contributed by atoms with E-state index in [1.807, 2.05) is 0 Å². The minimum absolute atomic E-state index is 0.197. The van der Waals surface area contributed by atoms with E-state index < -0.39 is 18.2 Å². The van der Waals surface area contributed by atoms with Crippen LogP contribution >= 0.6 is 11.3 Å². The van der Waals surface area contributed by atoms with E-state index in [9.17, 15) is 14.4 Å². The van der Waals surface area contributed by atoms with Gasteiger partial charge in [-0.05, 0) is 19.4 Å². The predicted molar refractivity (Wildman–Crippen MR) is 79.1 cm³/mol. The minimum atomic E-state index is -1.13. The van der Waals surface area contributed by atoms with Crippen LogP contribution in [0.15, 0.2) is 9.59 Å². The van der Waals surface area contributed by atoms with Crippen LogP contribution in [0.5, 0.6) is 0 Å². The SMILES string of the molecule is CCn1c(=O)c2c(C)c(COC)sc2n(CC(=O)O)c1=O. The molecule has 0 saturated heterocycles. The molecule has 0 aliphatic rings. The van der Waals surface area contributed by atoms with E-state index in [1.165, 1.54) is 11.3 Å². The fourth-order valence-corrected chi connectivity index (χ4v) is 3.52. The first-order valence-electron chi connectivity index (χ1n) is 6.38. The maximum absolute atomic E-state index is 12.4. The molecular formula is C13H16N2O5S. The molecule has 114 valence electrons. The van der Waals surface area contributed by atoms with Gasteiger partial charge in [-0.3, -0.25) is 18.7 Å². The summed E-state index contributed by atoms with van der Waals surface area (Å²) >= 11 is 1.23. The highest BCUT2D eigenvalue weighted by Gasteiger charge is 2.20. The zero-order valence-electron chi connectivity index (χ0n) is 12.0. The fourth-order valence-electron chi connectivity index (χ4n) is 2.26. The van der Waals surface area contributed by atoms with E-state index in [0.717, 1.165) is 19.6 Å². The highest BCUT2D eigenvalue weighted by Crippen LogP contribution is 2.28. The van der Waals surface area contributed by atoms with Crippen molar-refractivity contribution in [1.82, 2.24) is 9.13 Å². The molecule has 2 heterocycles. The summed E-state index contributed by atoms with van der Waals surface area (Å²) in [6.07, 6.45) is 0. The highest BCUT2D eigenvalue weighted by atomic mass is 32.1. The van der Waals surface area contributed by atoms with Crippen molar-refractivity contribution in [3.05, 3.63) is 31.3 Å². The van der Waals surface area contributed by atoms with Crippen LogP contribution in [0.3, 0.4) is 0 Å². The number of hydrogen-bond acceptors (Lipinski definition) is 5. The van der Waals surface area contributed by atoms with Crippen molar-refractivity contribution in [2.24, 2.45) is 0 Å². The molecule has 0 atom stereocenters. The second kappa shape index (κ2) is 5.82. The quantitative estimate of drug-likeness (QED) is 0.881. The van der Waals surface area contributed by atoms with Gasteiger partial charge in [0.15, 0.2) is 0 Å². The summed E-state index contributed by atoms with van der Waals surface area (Å²) < 4.78 is 7.28. The van der Waals surface area contributed by atoms with Crippen LogP contribution < -0.4 is 11.2 Å². The van der Waals surface area contributed by atoms with Gasteiger partial charge in [0.1, 0.15) is 11.4 Å². The van der Waals surface area contributed by atoms with Crippen molar-refractivity contribution in [3.63, 3.8) is 0 Å². The van der Waals surface area contributed by atoms with E-state index in [2.05, 4.69) is 0 Å². The number of carbonyl (C=O) groups is 1. The molecule has 0 amide bonds. The van der Waals surface area contributed by atoms with Gasteiger partial charge in [0.25, 0.3) is 5.56 Å². The number of rotatable bonds is 5. The predicted octanol–water partition coefficient (Wildman–Crippen LogP) is 0.784. The second-order valence-electron chi connectivity index (χ2n) is 4.58. The fraction of sp³-hybridized carbons (Fsp3) is 0.462. The molecule has 2 aromatic rings. The number of aromatic nitrogens is 2. The van der Waals surface area contributed by atoms with E-state index in [0.29, 0.717) is 16.8 Å². The summed E-state index contributed by atoms with van der Waals surface area (Å²) in [5.41, 5.74) is -0.235. The van der Waals surface area contributed by atoms with Crippen LogP contribution in [0, 0.1) is 6.92 Å². The highest BCUT2D eigenvalue weighted by molar-refractivity contribution is 7.18. The number of thiophene rings is 1. The van der Waals surface area contributed by atoms with Crippen LogP contribution in [0.2, 0.25) is 0 Å². The molecule has 0 unspecified atom stereocenters. The van der Waals surface area contributed by atoms with Crippen LogP contribution in [0.1, 0.15) is 17.4 Å². The molecule has 21 heavy (non-hydrogen) atoms. The van der Waals surface area contributed by atoms with Gasteiger partial charge in [0.05, 0.1) is 12.0 Å². The Bertz CT molecular complexity index is 815. The van der Waals surface area contributed by atoms with E-state index in [-0.39, 0.29) is 12.1 Å². The number of carboxylic acid groups (broad SMARTS) is 1. The third-order valence-corrected chi connectivity index (χ3v) is 4.57.